The third-order valence-corrected chi connectivity index (χ3v) is 6.06. The zero-order valence-electron chi connectivity index (χ0n) is 17.9. The Hall–Kier alpha value is -3.46. The minimum absolute atomic E-state index is 0.0788. The number of hydrogen-bond donors (Lipinski definition) is 1. The molecule has 1 amide bonds. The maximum absolute atomic E-state index is 13.0. The summed E-state index contributed by atoms with van der Waals surface area (Å²) in [7, 11) is 0. The van der Waals surface area contributed by atoms with Crippen LogP contribution in [0.4, 0.5) is 5.69 Å². The maximum Gasteiger partial charge on any atom is 0.262 e. The smallest absolute Gasteiger partial charge is 0.262 e. The molecular weight excluding hydrogens is 426 g/mol. The van der Waals surface area contributed by atoms with Crippen molar-refractivity contribution >= 4 is 45.8 Å². The Morgan fingerprint density at radius 3 is 2.59 bits per heavy atom. The number of hydrogen-bond acceptors (Lipinski definition) is 6. The molecule has 0 saturated carbocycles. The topological polar surface area (TPSA) is 98.4 Å². The average molecular weight is 450 g/mol. The summed E-state index contributed by atoms with van der Waals surface area (Å²) in [6.07, 6.45) is 1.80. The van der Waals surface area contributed by atoms with Crippen LogP contribution >= 0.6 is 11.8 Å². The molecule has 9 heteroatoms. The SMILES string of the molecule is CCCCn1c(=O)c2ccccc2n2c(SCC(=O)Nc3ccccc3C(C)=O)nnc12. The van der Waals surface area contributed by atoms with E-state index in [1.165, 1.54) is 18.7 Å². The summed E-state index contributed by atoms with van der Waals surface area (Å²) >= 11 is 1.23. The van der Waals surface area contributed by atoms with Crippen molar-refractivity contribution in [1.29, 1.82) is 0 Å². The Morgan fingerprint density at radius 1 is 1.06 bits per heavy atom. The molecule has 0 atom stereocenters. The quantitative estimate of drug-likeness (QED) is 0.325. The van der Waals surface area contributed by atoms with Crippen molar-refractivity contribution in [2.45, 2.75) is 38.4 Å². The minimum Gasteiger partial charge on any atom is -0.325 e. The van der Waals surface area contributed by atoms with Gasteiger partial charge in [0, 0.05) is 12.1 Å². The number of amides is 1. The van der Waals surface area contributed by atoms with Gasteiger partial charge in [0.25, 0.3) is 5.56 Å². The van der Waals surface area contributed by atoms with Crippen LogP contribution in [0, 0.1) is 0 Å². The largest absolute Gasteiger partial charge is 0.325 e. The molecule has 0 aliphatic rings. The first kappa shape index (κ1) is 21.8. The Kier molecular flexibility index (Phi) is 6.36. The molecule has 0 fully saturated rings. The molecule has 2 heterocycles. The average Bonchev–Trinajstić information content (AvgIpc) is 3.22. The fourth-order valence-electron chi connectivity index (χ4n) is 3.56. The van der Waals surface area contributed by atoms with Gasteiger partial charge in [-0.2, -0.15) is 0 Å². The molecule has 164 valence electrons. The zero-order chi connectivity index (χ0) is 22.7. The highest BCUT2D eigenvalue weighted by Crippen LogP contribution is 2.23. The van der Waals surface area contributed by atoms with Crippen LogP contribution < -0.4 is 10.9 Å². The second-order valence-corrected chi connectivity index (χ2v) is 8.33. The maximum atomic E-state index is 13.0. The van der Waals surface area contributed by atoms with E-state index >= 15 is 0 Å². The fraction of sp³-hybridized carbons (Fsp3) is 0.261. The van der Waals surface area contributed by atoms with Gasteiger partial charge in [-0.1, -0.05) is 49.4 Å². The van der Waals surface area contributed by atoms with E-state index in [9.17, 15) is 14.4 Å². The number of anilines is 1. The molecule has 4 rings (SSSR count). The molecule has 32 heavy (non-hydrogen) atoms. The van der Waals surface area contributed by atoms with Gasteiger partial charge in [0.1, 0.15) is 0 Å². The molecule has 0 unspecified atom stereocenters. The van der Waals surface area contributed by atoms with Crippen molar-refractivity contribution in [2.75, 3.05) is 11.1 Å². The number of benzene rings is 2. The molecule has 0 spiro atoms. The number of unbranched alkanes of at least 4 members (excludes halogenated alkanes) is 1. The van der Waals surface area contributed by atoms with Gasteiger partial charge in [0.05, 0.1) is 22.3 Å². The number of para-hydroxylation sites is 2. The third-order valence-electron chi connectivity index (χ3n) is 5.13. The summed E-state index contributed by atoms with van der Waals surface area (Å²) < 4.78 is 3.47. The van der Waals surface area contributed by atoms with E-state index in [0.717, 1.165) is 12.8 Å². The van der Waals surface area contributed by atoms with Gasteiger partial charge in [0.15, 0.2) is 10.9 Å². The number of rotatable bonds is 8. The highest BCUT2D eigenvalue weighted by Gasteiger charge is 2.18. The highest BCUT2D eigenvalue weighted by molar-refractivity contribution is 7.99. The predicted octanol–water partition coefficient (Wildman–Crippen LogP) is 3.78. The first-order valence-corrected chi connectivity index (χ1v) is 11.4. The van der Waals surface area contributed by atoms with E-state index in [-0.39, 0.29) is 23.0 Å². The molecule has 2 aromatic heterocycles. The molecule has 8 nitrogen and oxygen atoms in total. The molecule has 0 bridgehead atoms. The van der Waals surface area contributed by atoms with Crippen molar-refractivity contribution < 1.29 is 9.59 Å². The summed E-state index contributed by atoms with van der Waals surface area (Å²) in [5.41, 5.74) is 1.56. The lowest BCUT2D eigenvalue weighted by molar-refractivity contribution is -0.113. The Labute approximate surface area is 188 Å². The molecule has 0 aliphatic carbocycles. The van der Waals surface area contributed by atoms with Crippen LogP contribution in [0.25, 0.3) is 16.7 Å². The van der Waals surface area contributed by atoms with E-state index in [1.54, 1.807) is 34.9 Å². The third kappa shape index (κ3) is 4.16. The number of nitrogens with zero attached hydrogens (tertiary/aromatic N) is 4. The van der Waals surface area contributed by atoms with E-state index in [4.69, 9.17) is 0 Å². The minimum atomic E-state index is -0.260. The summed E-state index contributed by atoms with van der Waals surface area (Å²) in [4.78, 5) is 37.4. The van der Waals surface area contributed by atoms with Gasteiger partial charge in [0.2, 0.25) is 11.7 Å². The molecule has 2 aromatic carbocycles. The standard InChI is InChI=1S/C23H23N5O3S/c1-3-4-13-27-21(31)17-10-6-8-12-19(17)28-22(27)25-26-23(28)32-14-20(30)24-18-11-7-5-9-16(18)15(2)29/h5-12H,3-4,13-14H2,1-2H3,(H,24,30). The van der Waals surface area contributed by atoms with Crippen molar-refractivity contribution in [1.82, 2.24) is 19.2 Å². The number of aryl methyl sites for hydroxylation is 1. The number of Topliss-reactive ketones (excluding diaryl/α,β-unsaturated/α-hetero) is 1. The summed E-state index contributed by atoms with van der Waals surface area (Å²) in [6, 6.07) is 14.2. The van der Waals surface area contributed by atoms with Crippen LogP contribution in [0.15, 0.2) is 58.5 Å². The molecular formula is C23H23N5O3S. The predicted molar refractivity (Wildman–Crippen MR) is 125 cm³/mol. The second kappa shape index (κ2) is 9.35. The van der Waals surface area contributed by atoms with Crippen molar-refractivity contribution in [3.05, 3.63) is 64.4 Å². The van der Waals surface area contributed by atoms with Gasteiger partial charge in [-0.25, -0.2) is 0 Å². The monoisotopic (exact) mass is 449 g/mol. The van der Waals surface area contributed by atoms with Gasteiger partial charge >= 0.3 is 0 Å². The van der Waals surface area contributed by atoms with E-state index in [1.807, 2.05) is 22.6 Å². The number of aromatic nitrogens is 4. The van der Waals surface area contributed by atoms with Crippen LogP contribution in [0.3, 0.4) is 0 Å². The van der Waals surface area contributed by atoms with E-state index in [2.05, 4.69) is 22.4 Å². The summed E-state index contributed by atoms with van der Waals surface area (Å²) in [5.74, 6) is 0.166. The number of carbonyl (C=O) groups excluding carboxylic acids is 2. The summed E-state index contributed by atoms with van der Waals surface area (Å²) in [5, 5.41) is 12.4. The number of thioether (sulfide) groups is 1. The number of nitrogens with one attached hydrogen (secondary N) is 1. The van der Waals surface area contributed by atoms with Gasteiger partial charge < -0.3 is 5.32 Å². The van der Waals surface area contributed by atoms with Gasteiger partial charge in [-0.05, 0) is 37.6 Å². The number of fused-ring (bicyclic) bond motifs is 3. The first-order chi connectivity index (χ1) is 15.5. The fourth-order valence-corrected chi connectivity index (χ4v) is 4.30. The molecule has 4 aromatic rings. The molecule has 0 radical (unpaired) electrons. The number of ketones is 1. The molecule has 0 saturated heterocycles. The van der Waals surface area contributed by atoms with Crippen LogP contribution in [0.2, 0.25) is 0 Å². The van der Waals surface area contributed by atoms with E-state index < -0.39 is 0 Å². The first-order valence-electron chi connectivity index (χ1n) is 10.4. The van der Waals surface area contributed by atoms with Crippen molar-refractivity contribution in [3.8, 4) is 0 Å². The Morgan fingerprint density at radius 2 is 1.81 bits per heavy atom. The van der Waals surface area contributed by atoms with Crippen LogP contribution in [-0.4, -0.2) is 36.6 Å². The van der Waals surface area contributed by atoms with Gasteiger partial charge in [-0.15, -0.1) is 10.2 Å². The van der Waals surface area contributed by atoms with Crippen molar-refractivity contribution in [3.63, 3.8) is 0 Å². The Bertz CT molecular complexity index is 1380. The Balaban J connectivity index is 1.64. The lowest BCUT2D eigenvalue weighted by atomic mass is 10.1. The lowest BCUT2D eigenvalue weighted by Crippen LogP contribution is -2.23. The molecule has 1 N–H and O–H groups in total. The van der Waals surface area contributed by atoms with Crippen LogP contribution in [0.5, 0.6) is 0 Å². The second-order valence-electron chi connectivity index (χ2n) is 7.38. The van der Waals surface area contributed by atoms with Crippen molar-refractivity contribution in [2.24, 2.45) is 0 Å². The highest BCUT2D eigenvalue weighted by atomic mass is 32.2. The molecule has 0 aliphatic heterocycles. The van der Waals surface area contributed by atoms with Crippen LogP contribution in [0.1, 0.15) is 37.0 Å². The van der Waals surface area contributed by atoms with Crippen LogP contribution in [-0.2, 0) is 11.3 Å². The number of carbonyl (C=O) groups is 2. The summed E-state index contributed by atoms with van der Waals surface area (Å²) in [6.45, 7) is 4.08. The van der Waals surface area contributed by atoms with E-state index in [0.29, 0.717) is 39.6 Å². The zero-order valence-corrected chi connectivity index (χ0v) is 18.7. The normalized spacial score (nSPS) is 11.2. The lowest BCUT2D eigenvalue weighted by Gasteiger charge is -2.11. The van der Waals surface area contributed by atoms with Gasteiger partial charge in [-0.3, -0.25) is 23.4 Å².